The molecule has 1 aromatic carbocycles. The van der Waals surface area contributed by atoms with Crippen LogP contribution in [0, 0.1) is 0 Å². The number of ether oxygens (including phenoxy) is 2. The Bertz CT molecular complexity index is 289. The Morgan fingerprint density at radius 1 is 1.20 bits per heavy atom. The maximum Gasteiger partial charge on any atom is 0.157 e. The normalized spacial score (nSPS) is 10.6. The molecule has 0 atom stereocenters. The first-order chi connectivity index (χ1) is 7.27. The molecule has 82 valence electrons. The average molecular weight is 206 g/mol. The molecule has 0 amide bonds. The van der Waals surface area contributed by atoms with Crippen molar-refractivity contribution >= 4 is 5.57 Å². The van der Waals surface area contributed by atoms with Crippen LogP contribution in [0.2, 0.25) is 0 Å². The molecule has 0 unspecified atom stereocenters. The summed E-state index contributed by atoms with van der Waals surface area (Å²) < 4.78 is 10.2. The first-order valence-electron chi connectivity index (χ1n) is 5.06. The van der Waals surface area contributed by atoms with Crippen LogP contribution >= 0.6 is 0 Å². The maximum absolute atomic E-state index is 5.12. The van der Waals surface area contributed by atoms with Gasteiger partial charge in [-0.3, -0.25) is 0 Å². The Morgan fingerprint density at radius 3 is 2.33 bits per heavy atom. The van der Waals surface area contributed by atoms with E-state index in [9.17, 15) is 0 Å². The molecule has 2 heteroatoms. The summed E-state index contributed by atoms with van der Waals surface area (Å²) >= 11 is 0. The van der Waals surface area contributed by atoms with E-state index in [1.807, 2.05) is 18.2 Å². The Hall–Kier alpha value is -1.12. The second-order valence-corrected chi connectivity index (χ2v) is 3.41. The lowest BCUT2D eigenvalue weighted by molar-refractivity contribution is -0.105. The molecule has 0 aliphatic carbocycles. The molecule has 0 bridgehead atoms. The van der Waals surface area contributed by atoms with Crippen molar-refractivity contribution in [1.29, 1.82) is 0 Å². The quantitative estimate of drug-likeness (QED) is 0.666. The number of methoxy groups -OCH3 is 2. The van der Waals surface area contributed by atoms with E-state index in [4.69, 9.17) is 9.47 Å². The Balaban J connectivity index is 2.43. The topological polar surface area (TPSA) is 18.5 Å². The predicted octanol–water partition coefficient (Wildman–Crippen LogP) is 3.10. The van der Waals surface area contributed by atoms with Crippen molar-refractivity contribution in [3.8, 4) is 0 Å². The summed E-state index contributed by atoms with van der Waals surface area (Å²) in [5.74, 6) is 0. The standard InChI is InChI=1S/C13H18O2/c1-11(9-10-13(14-2)15-3)12-7-5-4-6-8-12/h4-8,13H,1,9-10H2,2-3H3. The Morgan fingerprint density at radius 2 is 1.80 bits per heavy atom. The van der Waals surface area contributed by atoms with Gasteiger partial charge in [0, 0.05) is 20.6 Å². The first-order valence-corrected chi connectivity index (χ1v) is 5.06. The van der Waals surface area contributed by atoms with Gasteiger partial charge in [-0.2, -0.15) is 0 Å². The van der Waals surface area contributed by atoms with Gasteiger partial charge in [0.2, 0.25) is 0 Å². The van der Waals surface area contributed by atoms with Crippen LogP contribution in [0.25, 0.3) is 5.57 Å². The molecule has 2 nitrogen and oxygen atoms in total. The fourth-order valence-electron chi connectivity index (χ4n) is 1.44. The van der Waals surface area contributed by atoms with Crippen molar-refractivity contribution in [3.05, 3.63) is 42.5 Å². The number of hydrogen-bond acceptors (Lipinski definition) is 2. The van der Waals surface area contributed by atoms with Gasteiger partial charge in [0.05, 0.1) is 0 Å². The van der Waals surface area contributed by atoms with E-state index < -0.39 is 0 Å². The third-order valence-electron chi connectivity index (χ3n) is 2.39. The highest BCUT2D eigenvalue weighted by Crippen LogP contribution is 2.18. The van der Waals surface area contributed by atoms with E-state index in [2.05, 4.69) is 18.7 Å². The van der Waals surface area contributed by atoms with Crippen LogP contribution in [0.3, 0.4) is 0 Å². The van der Waals surface area contributed by atoms with Crippen LogP contribution in [-0.4, -0.2) is 20.5 Å². The molecule has 0 aliphatic rings. The average Bonchev–Trinajstić information content (AvgIpc) is 2.31. The van der Waals surface area contributed by atoms with Gasteiger partial charge in [-0.05, 0) is 17.6 Å². The largest absolute Gasteiger partial charge is 0.356 e. The molecule has 0 spiro atoms. The predicted molar refractivity (Wildman–Crippen MR) is 62.5 cm³/mol. The minimum absolute atomic E-state index is 0.134. The van der Waals surface area contributed by atoms with E-state index >= 15 is 0 Å². The molecule has 1 aromatic rings. The van der Waals surface area contributed by atoms with Gasteiger partial charge in [0.1, 0.15) is 0 Å². The van der Waals surface area contributed by atoms with Gasteiger partial charge < -0.3 is 9.47 Å². The molecular formula is C13H18O2. The zero-order valence-electron chi connectivity index (χ0n) is 9.40. The molecule has 15 heavy (non-hydrogen) atoms. The van der Waals surface area contributed by atoms with Gasteiger partial charge in [-0.15, -0.1) is 0 Å². The fourth-order valence-corrected chi connectivity index (χ4v) is 1.44. The van der Waals surface area contributed by atoms with Gasteiger partial charge in [0.15, 0.2) is 6.29 Å². The van der Waals surface area contributed by atoms with Crippen molar-refractivity contribution in [3.63, 3.8) is 0 Å². The summed E-state index contributed by atoms with van der Waals surface area (Å²) in [6.45, 7) is 4.05. The lowest BCUT2D eigenvalue weighted by atomic mass is 10.0. The molecule has 0 radical (unpaired) electrons. The van der Waals surface area contributed by atoms with Crippen molar-refractivity contribution in [2.45, 2.75) is 19.1 Å². The van der Waals surface area contributed by atoms with E-state index in [0.29, 0.717) is 0 Å². The SMILES string of the molecule is C=C(CCC(OC)OC)c1ccccc1. The first kappa shape index (κ1) is 12.0. The van der Waals surface area contributed by atoms with E-state index in [1.165, 1.54) is 5.56 Å². The van der Waals surface area contributed by atoms with Gasteiger partial charge in [-0.25, -0.2) is 0 Å². The number of rotatable bonds is 6. The van der Waals surface area contributed by atoms with E-state index in [-0.39, 0.29) is 6.29 Å². The highest BCUT2D eigenvalue weighted by atomic mass is 16.7. The highest BCUT2D eigenvalue weighted by Gasteiger charge is 2.06. The second kappa shape index (κ2) is 6.38. The van der Waals surface area contributed by atoms with Crippen LogP contribution in [0.15, 0.2) is 36.9 Å². The summed E-state index contributed by atoms with van der Waals surface area (Å²) in [7, 11) is 3.30. The third kappa shape index (κ3) is 3.86. The molecule has 0 saturated heterocycles. The van der Waals surface area contributed by atoms with Gasteiger partial charge >= 0.3 is 0 Å². The smallest absolute Gasteiger partial charge is 0.157 e. The zero-order chi connectivity index (χ0) is 11.1. The highest BCUT2D eigenvalue weighted by molar-refractivity contribution is 5.62. The summed E-state index contributed by atoms with van der Waals surface area (Å²) in [5.41, 5.74) is 2.30. The molecule has 1 rings (SSSR count). The molecule has 0 aromatic heterocycles. The van der Waals surface area contributed by atoms with Crippen LogP contribution in [0.1, 0.15) is 18.4 Å². The maximum atomic E-state index is 5.12. The molecule has 0 saturated carbocycles. The Labute approximate surface area is 91.5 Å². The number of allylic oxidation sites excluding steroid dienone is 1. The lowest BCUT2D eigenvalue weighted by Crippen LogP contribution is -2.12. The van der Waals surface area contributed by atoms with Crippen molar-refractivity contribution in [2.24, 2.45) is 0 Å². The third-order valence-corrected chi connectivity index (χ3v) is 2.39. The van der Waals surface area contributed by atoms with Gasteiger partial charge in [0.25, 0.3) is 0 Å². The number of benzene rings is 1. The van der Waals surface area contributed by atoms with Gasteiger partial charge in [-0.1, -0.05) is 36.9 Å². The van der Waals surface area contributed by atoms with Crippen molar-refractivity contribution < 1.29 is 9.47 Å². The summed E-state index contributed by atoms with van der Waals surface area (Å²) in [4.78, 5) is 0. The van der Waals surface area contributed by atoms with E-state index in [1.54, 1.807) is 14.2 Å². The molecule has 0 fully saturated rings. The molecule has 0 heterocycles. The summed E-state index contributed by atoms with van der Waals surface area (Å²) in [6, 6.07) is 10.2. The summed E-state index contributed by atoms with van der Waals surface area (Å²) in [6.07, 6.45) is 1.59. The Kier molecular flexibility index (Phi) is 5.08. The number of hydrogen-bond donors (Lipinski definition) is 0. The monoisotopic (exact) mass is 206 g/mol. The summed E-state index contributed by atoms with van der Waals surface area (Å²) in [5, 5.41) is 0. The van der Waals surface area contributed by atoms with E-state index in [0.717, 1.165) is 18.4 Å². The van der Waals surface area contributed by atoms with Crippen LogP contribution in [0.4, 0.5) is 0 Å². The molecular weight excluding hydrogens is 188 g/mol. The molecule has 0 N–H and O–H groups in total. The minimum atomic E-state index is -0.134. The van der Waals surface area contributed by atoms with Crippen LogP contribution in [-0.2, 0) is 9.47 Å². The van der Waals surface area contributed by atoms with Crippen LogP contribution in [0.5, 0.6) is 0 Å². The molecule has 0 aliphatic heterocycles. The minimum Gasteiger partial charge on any atom is -0.356 e. The van der Waals surface area contributed by atoms with Crippen molar-refractivity contribution in [1.82, 2.24) is 0 Å². The second-order valence-electron chi connectivity index (χ2n) is 3.41. The van der Waals surface area contributed by atoms with Crippen LogP contribution < -0.4 is 0 Å². The fraction of sp³-hybridized carbons (Fsp3) is 0.385. The van der Waals surface area contributed by atoms with Crippen molar-refractivity contribution in [2.75, 3.05) is 14.2 Å². The zero-order valence-corrected chi connectivity index (χ0v) is 9.40. The lowest BCUT2D eigenvalue weighted by Gasteiger charge is -2.13.